The maximum absolute atomic E-state index is 13.8. The van der Waals surface area contributed by atoms with Crippen molar-refractivity contribution in [1.29, 1.82) is 5.26 Å². The van der Waals surface area contributed by atoms with Gasteiger partial charge in [0.25, 0.3) is 0 Å². The Labute approximate surface area is 183 Å². The van der Waals surface area contributed by atoms with Crippen LogP contribution in [0, 0.1) is 11.3 Å². The van der Waals surface area contributed by atoms with E-state index in [-0.39, 0.29) is 15.0 Å². The fourth-order valence-corrected chi connectivity index (χ4v) is 7.05. The Bertz CT molecular complexity index is 989. The average molecular weight is 482 g/mol. The molecule has 0 amide bonds. The third-order valence-corrected chi connectivity index (χ3v) is 8.20. The monoisotopic (exact) mass is 483 g/mol. The summed E-state index contributed by atoms with van der Waals surface area (Å²) in [6.07, 6.45) is 1.82. The summed E-state index contributed by atoms with van der Waals surface area (Å²) in [6.45, 7) is 0. The minimum atomic E-state index is -3.63. The summed E-state index contributed by atoms with van der Waals surface area (Å²) in [6, 6.07) is 30.3. The van der Waals surface area contributed by atoms with Crippen LogP contribution in [0.2, 0.25) is 0 Å². The molecule has 0 N–H and O–H groups in total. The molecule has 0 saturated carbocycles. The first-order valence-corrected chi connectivity index (χ1v) is 12.9. The Kier molecular flexibility index (Phi) is 8.36. The molecular formula is C24H22NO3PSe. The van der Waals surface area contributed by atoms with Crippen molar-refractivity contribution in [2.24, 2.45) is 0 Å². The molecule has 0 fully saturated rings. The number of nitrogens with zero attached hydrogens (tertiary/aromatic N) is 1. The molecule has 4 nitrogen and oxygen atoms in total. The van der Waals surface area contributed by atoms with E-state index in [9.17, 15) is 4.57 Å². The van der Waals surface area contributed by atoms with Crippen LogP contribution >= 0.6 is 7.60 Å². The summed E-state index contributed by atoms with van der Waals surface area (Å²) in [7, 11) is -3.63. The first-order chi connectivity index (χ1) is 14.7. The fourth-order valence-electron chi connectivity index (χ4n) is 2.63. The van der Waals surface area contributed by atoms with E-state index >= 15 is 0 Å². The Hall–Kier alpha value is -2.76. The van der Waals surface area contributed by atoms with Crippen LogP contribution in [0.5, 0.6) is 11.5 Å². The van der Waals surface area contributed by atoms with Crippen LogP contribution in [0.25, 0.3) is 0 Å². The zero-order valence-corrected chi connectivity index (χ0v) is 19.0. The second kappa shape index (κ2) is 11.4. The van der Waals surface area contributed by atoms with Crippen LogP contribution in [0.4, 0.5) is 0 Å². The molecule has 0 radical (unpaired) electrons. The van der Waals surface area contributed by atoms with Crippen molar-refractivity contribution in [1.82, 2.24) is 0 Å². The number of nitriles is 1. The predicted octanol–water partition coefficient (Wildman–Crippen LogP) is 5.90. The third kappa shape index (κ3) is 7.25. The molecule has 6 heteroatoms. The summed E-state index contributed by atoms with van der Waals surface area (Å²) < 4.78 is 27.7. The number of rotatable bonds is 10. The van der Waals surface area contributed by atoms with Crippen LogP contribution in [0.1, 0.15) is 19.3 Å². The van der Waals surface area contributed by atoms with Gasteiger partial charge in [0.2, 0.25) is 0 Å². The third-order valence-electron chi connectivity index (χ3n) is 3.96. The number of benzene rings is 3. The normalized spacial score (nSPS) is 11.5. The van der Waals surface area contributed by atoms with E-state index in [1.54, 1.807) is 30.1 Å². The molecule has 3 aromatic carbocycles. The molecule has 152 valence electrons. The number of hydrogen-bond donors (Lipinski definition) is 0. The second-order valence-electron chi connectivity index (χ2n) is 6.37. The quantitative estimate of drug-likeness (QED) is 0.205. The molecule has 3 aromatic rings. The number of hydrogen-bond acceptors (Lipinski definition) is 4. The average Bonchev–Trinajstić information content (AvgIpc) is 2.76. The van der Waals surface area contributed by atoms with Gasteiger partial charge in [0.1, 0.15) is 0 Å². The van der Waals surface area contributed by atoms with Gasteiger partial charge >= 0.3 is 184 Å². The molecule has 0 spiro atoms. The first kappa shape index (κ1) is 21.9. The molecule has 0 bridgehead atoms. The Morgan fingerprint density at radius 1 is 0.867 bits per heavy atom. The molecule has 0 aromatic heterocycles. The van der Waals surface area contributed by atoms with E-state index in [0.29, 0.717) is 30.8 Å². The van der Waals surface area contributed by atoms with Gasteiger partial charge in [-0.3, -0.25) is 0 Å². The standard InChI is InChI=1S/C24H22NO3PSe/c25-19-11-10-18-24(30-23-16-8-3-9-17-23)20-29(26,27-21-12-4-1-5-13-21)28-22-14-6-2-7-15-22/h1-9,12-17,20H,10-11,18H2/b24-20-. The molecule has 0 aliphatic heterocycles. The maximum atomic E-state index is 13.8. The van der Waals surface area contributed by atoms with Gasteiger partial charge in [0.15, 0.2) is 0 Å². The summed E-state index contributed by atoms with van der Waals surface area (Å²) in [4.78, 5) is 0. The number of para-hydroxylation sites is 2. The van der Waals surface area contributed by atoms with Crippen LogP contribution in [-0.4, -0.2) is 15.0 Å². The van der Waals surface area contributed by atoms with Crippen molar-refractivity contribution in [2.45, 2.75) is 19.3 Å². The van der Waals surface area contributed by atoms with E-state index in [1.807, 2.05) is 54.6 Å². The van der Waals surface area contributed by atoms with Crippen LogP contribution in [-0.2, 0) is 4.57 Å². The van der Waals surface area contributed by atoms with Gasteiger partial charge in [0.05, 0.1) is 0 Å². The molecule has 30 heavy (non-hydrogen) atoms. The molecule has 3 rings (SSSR count). The van der Waals surface area contributed by atoms with Crippen molar-refractivity contribution >= 4 is 27.0 Å². The van der Waals surface area contributed by atoms with E-state index in [4.69, 9.17) is 14.3 Å². The summed E-state index contributed by atoms with van der Waals surface area (Å²) in [5, 5.41) is 8.92. The molecule has 0 aliphatic carbocycles. The SMILES string of the molecule is N#CCCC/C(=C/P(=O)(Oc1ccccc1)Oc1ccccc1)[Se]c1ccccc1. The summed E-state index contributed by atoms with van der Waals surface area (Å²) in [5.74, 6) is 2.62. The Morgan fingerprint density at radius 2 is 1.37 bits per heavy atom. The fraction of sp³-hybridized carbons (Fsp3) is 0.125. The van der Waals surface area contributed by atoms with Gasteiger partial charge in [0, 0.05) is 0 Å². The van der Waals surface area contributed by atoms with Crippen molar-refractivity contribution < 1.29 is 13.6 Å². The van der Waals surface area contributed by atoms with Gasteiger partial charge in [-0.2, -0.15) is 0 Å². The predicted molar refractivity (Wildman–Crippen MR) is 121 cm³/mol. The van der Waals surface area contributed by atoms with E-state index in [2.05, 4.69) is 18.2 Å². The second-order valence-corrected chi connectivity index (χ2v) is 10.6. The van der Waals surface area contributed by atoms with Gasteiger partial charge in [-0.1, -0.05) is 0 Å². The van der Waals surface area contributed by atoms with Crippen molar-refractivity contribution in [3.63, 3.8) is 0 Å². The molecule has 0 heterocycles. The van der Waals surface area contributed by atoms with E-state index in [0.717, 1.165) is 4.47 Å². The van der Waals surface area contributed by atoms with Crippen molar-refractivity contribution in [3.05, 3.63) is 101 Å². The number of allylic oxidation sites excluding steroid dienone is 1. The Balaban J connectivity index is 1.93. The Morgan fingerprint density at radius 3 is 1.87 bits per heavy atom. The molecule has 0 aliphatic rings. The first-order valence-electron chi connectivity index (χ1n) is 9.57. The van der Waals surface area contributed by atoms with Crippen LogP contribution < -0.4 is 13.5 Å². The molecule has 0 atom stereocenters. The van der Waals surface area contributed by atoms with E-state index < -0.39 is 7.60 Å². The van der Waals surface area contributed by atoms with Gasteiger partial charge in [-0.05, 0) is 0 Å². The zero-order chi connectivity index (χ0) is 21.1. The van der Waals surface area contributed by atoms with Crippen LogP contribution in [0.3, 0.4) is 0 Å². The van der Waals surface area contributed by atoms with Crippen molar-refractivity contribution in [2.75, 3.05) is 0 Å². The molecular weight excluding hydrogens is 460 g/mol. The van der Waals surface area contributed by atoms with E-state index in [1.165, 1.54) is 4.46 Å². The zero-order valence-electron chi connectivity index (χ0n) is 16.4. The summed E-state index contributed by atoms with van der Waals surface area (Å²) >= 11 is -0.0491. The van der Waals surface area contributed by atoms with Gasteiger partial charge in [-0.25, -0.2) is 0 Å². The van der Waals surface area contributed by atoms with Gasteiger partial charge < -0.3 is 0 Å². The van der Waals surface area contributed by atoms with Crippen molar-refractivity contribution in [3.8, 4) is 17.6 Å². The number of unbranched alkanes of at least 4 members (excludes halogenated alkanes) is 1. The van der Waals surface area contributed by atoms with Gasteiger partial charge in [-0.15, -0.1) is 0 Å². The molecule has 0 saturated heterocycles. The topological polar surface area (TPSA) is 59.3 Å². The minimum absolute atomic E-state index is 0.0491. The van der Waals surface area contributed by atoms with Crippen LogP contribution in [0.15, 0.2) is 101 Å². The molecule has 0 unspecified atom stereocenters. The summed E-state index contributed by atoms with van der Waals surface area (Å²) in [5.41, 5.74) is 0.